The van der Waals surface area contributed by atoms with Gasteiger partial charge < -0.3 is 15.4 Å². The summed E-state index contributed by atoms with van der Waals surface area (Å²) in [5.74, 6) is -0.00547. The highest BCUT2D eigenvalue weighted by molar-refractivity contribution is 5.83. The molecule has 1 aromatic heterocycles. The molecular formula is C15H27N5O2. The molecule has 7 nitrogen and oxygen atoms in total. The van der Waals surface area contributed by atoms with Crippen LogP contribution in [0.25, 0.3) is 0 Å². The molecule has 0 bridgehead atoms. The number of ether oxygens (including phenoxy) is 1. The first kappa shape index (κ1) is 16.9. The van der Waals surface area contributed by atoms with Gasteiger partial charge in [0.1, 0.15) is 6.04 Å². The van der Waals surface area contributed by atoms with Gasteiger partial charge in [0.2, 0.25) is 5.91 Å². The van der Waals surface area contributed by atoms with Crippen molar-refractivity contribution in [2.24, 2.45) is 7.05 Å². The zero-order valence-corrected chi connectivity index (χ0v) is 13.7. The number of aromatic nitrogens is 2. The van der Waals surface area contributed by atoms with Gasteiger partial charge in [0.15, 0.2) is 0 Å². The van der Waals surface area contributed by atoms with Crippen LogP contribution in [0.15, 0.2) is 12.4 Å². The molecule has 1 aliphatic heterocycles. The highest BCUT2D eigenvalue weighted by Gasteiger charge is 2.26. The summed E-state index contributed by atoms with van der Waals surface area (Å²) >= 11 is 0. The lowest BCUT2D eigenvalue weighted by atomic mass is 10.1. The number of likely N-dealkylation sites (tertiary alicyclic amines) is 1. The van der Waals surface area contributed by atoms with Crippen molar-refractivity contribution in [2.45, 2.75) is 24.9 Å². The molecule has 0 radical (unpaired) electrons. The maximum atomic E-state index is 12.4. The Bertz CT molecular complexity index is 476. The number of carbonyl (C=O) groups is 1. The fourth-order valence-corrected chi connectivity index (χ4v) is 2.99. The van der Waals surface area contributed by atoms with E-state index in [9.17, 15) is 4.79 Å². The minimum absolute atomic E-state index is 0.00547. The summed E-state index contributed by atoms with van der Waals surface area (Å²) in [6.45, 7) is 3.43. The minimum atomic E-state index is -0.359. The van der Waals surface area contributed by atoms with E-state index in [-0.39, 0.29) is 11.9 Å². The zero-order chi connectivity index (χ0) is 15.9. The Balaban J connectivity index is 1.85. The first-order valence-electron chi connectivity index (χ1n) is 7.82. The minimum Gasteiger partial charge on any atom is -0.383 e. The second-order valence-electron chi connectivity index (χ2n) is 5.74. The van der Waals surface area contributed by atoms with Gasteiger partial charge >= 0.3 is 0 Å². The molecule has 2 heterocycles. The van der Waals surface area contributed by atoms with Gasteiger partial charge in [-0.05, 0) is 26.4 Å². The van der Waals surface area contributed by atoms with Gasteiger partial charge in [0, 0.05) is 45.0 Å². The third-order valence-corrected chi connectivity index (χ3v) is 4.20. The van der Waals surface area contributed by atoms with Crippen molar-refractivity contribution in [1.82, 2.24) is 25.3 Å². The number of hydrogen-bond donors (Lipinski definition) is 2. The van der Waals surface area contributed by atoms with Crippen molar-refractivity contribution in [2.75, 3.05) is 40.4 Å². The van der Waals surface area contributed by atoms with Crippen LogP contribution < -0.4 is 10.6 Å². The summed E-state index contributed by atoms with van der Waals surface area (Å²) in [6.07, 6.45) is 5.89. The second kappa shape index (κ2) is 8.26. The number of carbonyl (C=O) groups excluding carboxylic acids is 1. The summed E-state index contributed by atoms with van der Waals surface area (Å²) in [4.78, 5) is 14.8. The Labute approximate surface area is 132 Å². The van der Waals surface area contributed by atoms with Crippen LogP contribution in [0.3, 0.4) is 0 Å². The van der Waals surface area contributed by atoms with Crippen LogP contribution in [0.1, 0.15) is 24.4 Å². The third-order valence-electron chi connectivity index (χ3n) is 4.20. The largest absolute Gasteiger partial charge is 0.383 e. The van der Waals surface area contributed by atoms with Crippen molar-refractivity contribution < 1.29 is 9.53 Å². The first-order valence-corrected chi connectivity index (χ1v) is 7.82. The number of likely N-dealkylation sites (N-methyl/N-ethyl adjacent to an activating group) is 1. The van der Waals surface area contributed by atoms with Crippen molar-refractivity contribution in [3.63, 3.8) is 0 Å². The average molecular weight is 309 g/mol. The van der Waals surface area contributed by atoms with Crippen LogP contribution in [0.2, 0.25) is 0 Å². The maximum absolute atomic E-state index is 12.4. The molecule has 2 rings (SSSR count). The monoisotopic (exact) mass is 309 g/mol. The molecule has 0 spiro atoms. The van der Waals surface area contributed by atoms with E-state index in [0.29, 0.717) is 12.6 Å². The van der Waals surface area contributed by atoms with E-state index in [4.69, 9.17) is 4.74 Å². The predicted octanol–water partition coefficient (Wildman–Crippen LogP) is -0.0924. The quantitative estimate of drug-likeness (QED) is 0.702. The zero-order valence-electron chi connectivity index (χ0n) is 13.7. The molecule has 1 aliphatic rings. The molecule has 2 N–H and O–H groups in total. The number of aryl methyl sites for hydroxylation is 1. The van der Waals surface area contributed by atoms with E-state index in [1.807, 2.05) is 13.2 Å². The van der Waals surface area contributed by atoms with Gasteiger partial charge in [-0.15, -0.1) is 0 Å². The molecule has 2 atom stereocenters. The summed E-state index contributed by atoms with van der Waals surface area (Å²) in [5.41, 5.74) is 0.880. The van der Waals surface area contributed by atoms with Gasteiger partial charge in [0.25, 0.3) is 0 Å². The Morgan fingerprint density at radius 1 is 1.59 bits per heavy atom. The topological polar surface area (TPSA) is 71.4 Å². The van der Waals surface area contributed by atoms with E-state index in [1.165, 1.54) is 6.42 Å². The van der Waals surface area contributed by atoms with Crippen LogP contribution in [-0.4, -0.2) is 67.0 Å². The van der Waals surface area contributed by atoms with Crippen LogP contribution in [0.5, 0.6) is 0 Å². The average Bonchev–Trinajstić information content (AvgIpc) is 3.13. The smallest absolute Gasteiger partial charge is 0.241 e. The van der Waals surface area contributed by atoms with Gasteiger partial charge in [0.05, 0.1) is 12.8 Å². The number of amides is 1. The fraction of sp³-hybridized carbons (Fsp3) is 0.733. The fourth-order valence-electron chi connectivity index (χ4n) is 2.99. The third kappa shape index (κ3) is 4.28. The molecule has 7 heteroatoms. The Morgan fingerprint density at radius 2 is 2.41 bits per heavy atom. The lowest BCUT2D eigenvalue weighted by molar-refractivity contribution is -0.123. The number of methoxy groups -OCH3 is 1. The van der Waals surface area contributed by atoms with Gasteiger partial charge in [-0.3, -0.25) is 14.4 Å². The molecule has 0 saturated carbocycles. The lowest BCUT2D eigenvalue weighted by Crippen LogP contribution is -2.44. The van der Waals surface area contributed by atoms with Crippen LogP contribution >= 0.6 is 0 Å². The standard InChI is InChI=1S/C15H27N5O2/c1-16-14(12-9-18-19(2)11-12)15(21)17-10-13-5-4-6-20(13)7-8-22-3/h9,11,13-14,16H,4-8,10H2,1-3H3,(H,17,21). The molecular weight excluding hydrogens is 282 g/mol. The van der Waals surface area contributed by atoms with Crippen molar-refractivity contribution >= 4 is 5.91 Å². The molecule has 1 aromatic rings. The van der Waals surface area contributed by atoms with E-state index in [1.54, 1.807) is 25.0 Å². The maximum Gasteiger partial charge on any atom is 0.241 e. The highest BCUT2D eigenvalue weighted by Crippen LogP contribution is 2.17. The summed E-state index contributed by atoms with van der Waals surface area (Å²) in [7, 11) is 5.36. The highest BCUT2D eigenvalue weighted by atomic mass is 16.5. The number of hydrogen-bond acceptors (Lipinski definition) is 5. The lowest BCUT2D eigenvalue weighted by Gasteiger charge is -2.25. The molecule has 0 aromatic carbocycles. The Hall–Kier alpha value is -1.44. The second-order valence-corrected chi connectivity index (χ2v) is 5.74. The van der Waals surface area contributed by atoms with Crippen molar-refractivity contribution in [3.8, 4) is 0 Å². The SMILES string of the molecule is CNC(C(=O)NCC1CCCN1CCOC)c1cnn(C)c1. The molecule has 0 aliphatic carbocycles. The normalized spacial score (nSPS) is 20.2. The molecule has 22 heavy (non-hydrogen) atoms. The summed E-state index contributed by atoms with van der Waals surface area (Å²) in [5, 5.41) is 10.2. The Kier molecular flexibility index (Phi) is 6.35. The summed E-state index contributed by atoms with van der Waals surface area (Å²) in [6, 6.07) is 0.0491. The number of rotatable bonds is 8. The number of nitrogens with zero attached hydrogens (tertiary/aromatic N) is 3. The molecule has 2 unspecified atom stereocenters. The Morgan fingerprint density at radius 3 is 3.05 bits per heavy atom. The van der Waals surface area contributed by atoms with Crippen molar-refractivity contribution in [3.05, 3.63) is 18.0 Å². The van der Waals surface area contributed by atoms with Crippen LogP contribution in [0, 0.1) is 0 Å². The van der Waals surface area contributed by atoms with Crippen LogP contribution in [0.4, 0.5) is 0 Å². The molecule has 124 valence electrons. The summed E-state index contributed by atoms with van der Waals surface area (Å²) < 4.78 is 6.85. The van der Waals surface area contributed by atoms with Crippen molar-refractivity contribution in [1.29, 1.82) is 0 Å². The van der Waals surface area contributed by atoms with Gasteiger partial charge in [-0.1, -0.05) is 0 Å². The van der Waals surface area contributed by atoms with E-state index < -0.39 is 0 Å². The van der Waals surface area contributed by atoms with Gasteiger partial charge in [-0.25, -0.2) is 0 Å². The van der Waals surface area contributed by atoms with E-state index >= 15 is 0 Å². The van der Waals surface area contributed by atoms with E-state index in [2.05, 4.69) is 20.6 Å². The molecule has 1 fully saturated rings. The van der Waals surface area contributed by atoms with Crippen LogP contribution in [-0.2, 0) is 16.6 Å². The molecule has 1 amide bonds. The van der Waals surface area contributed by atoms with Gasteiger partial charge in [-0.2, -0.15) is 5.10 Å². The van der Waals surface area contributed by atoms with E-state index in [0.717, 1.165) is 31.7 Å². The number of nitrogens with one attached hydrogen (secondary N) is 2. The predicted molar refractivity (Wildman–Crippen MR) is 84.5 cm³/mol. The molecule has 1 saturated heterocycles. The first-order chi connectivity index (χ1) is 10.7.